The predicted molar refractivity (Wildman–Crippen MR) is 73.3 cm³/mol. The predicted octanol–water partition coefficient (Wildman–Crippen LogP) is 1.20. The van der Waals surface area contributed by atoms with E-state index in [2.05, 4.69) is 20.5 Å². The number of nitrogens with one attached hydrogen (secondary N) is 2. The Bertz CT molecular complexity index is 646. The van der Waals surface area contributed by atoms with E-state index in [1.54, 1.807) is 6.07 Å². The molecule has 0 aromatic carbocycles. The monoisotopic (exact) mass is 292 g/mol. The summed E-state index contributed by atoms with van der Waals surface area (Å²) in [4.78, 5) is 27.6. The summed E-state index contributed by atoms with van der Waals surface area (Å²) in [6.07, 6.45) is 3.90. The topological polar surface area (TPSA) is 108 Å². The summed E-state index contributed by atoms with van der Waals surface area (Å²) in [5.74, 6) is -0.684. The molecule has 0 fully saturated rings. The molecule has 0 atom stereocenters. The Hall–Kier alpha value is -2.48. The van der Waals surface area contributed by atoms with Gasteiger partial charge in [-0.05, 0) is 24.6 Å². The van der Waals surface area contributed by atoms with Gasteiger partial charge in [-0.2, -0.15) is 5.10 Å². The van der Waals surface area contributed by atoms with Gasteiger partial charge in [0, 0.05) is 11.0 Å². The van der Waals surface area contributed by atoms with Gasteiger partial charge in [0.1, 0.15) is 12.2 Å². The molecular formula is C12H12N4O3S. The number of H-pyrrole nitrogens is 1. The van der Waals surface area contributed by atoms with Crippen LogP contribution in [0.4, 0.5) is 0 Å². The highest BCUT2D eigenvalue weighted by molar-refractivity contribution is 7.15. The first-order chi connectivity index (χ1) is 9.56. The highest BCUT2D eigenvalue weighted by Gasteiger charge is 2.11. The molecule has 0 bridgehead atoms. The maximum atomic E-state index is 11.9. The van der Waals surface area contributed by atoms with Crippen LogP contribution in [-0.2, 0) is 11.3 Å². The molecule has 0 aliphatic heterocycles. The van der Waals surface area contributed by atoms with E-state index >= 15 is 0 Å². The number of carboxylic acids is 1. The minimum Gasteiger partial charge on any atom is -0.478 e. The number of rotatable bonds is 5. The molecule has 2 aromatic rings. The molecule has 3 N–H and O–H groups in total. The van der Waals surface area contributed by atoms with Crippen LogP contribution in [0.3, 0.4) is 0 Å². The Kier molecular flexibility index (Phi) is 4.26. The molecule has 2 rings (SSSR count). The molecule has 0 radical (unpaired) electrons. The van der Waals surface area contributed by atoms with Gasteiger partial charge in [-0.25, -0.2) is 9.78 Å². The van der Waals surface area contributed by atoms with Crippen LogP contribution in [-0.4, -0.2) is 32.2 Å². The van der Waals surface area contributed by atoms with Crippen molar-refractivity contribution in [1.29, 1.82) is 0 Å². The number of aryl methyl sites for hydroxylation is 1. The molecular weight excluding hydrogens is 280 g/mol. The normalized spacial score (nSPS) is 10.8. The van der Waals surface area contributed by atoms with Gasteiger partial charge in [0.05, 0.1) is 11.4 Å². The first kappa shape index (κ1) is 13.9. The lowest BCUT2D eigenvalue weighted by atomic mass is 10.2. The van der Waals surface area contributed by atoms with Crippen LogP contribution >= 0.6 is 11.3 Å². The highest BCUT2D eigenvalue weighted by Crippen LogP contribution is 2.23. The Morgan fingerprint density at radius 1 is 1.55 bits per heavy atom. The Morgan fingerprint density at radius 3 is 3.00 bits per heavy atom. The number of nitrogens with zero attached hydrogens (tertiary/aromatic N) is 2. The van der Waals surface area contributed by atoms with Crippen LogP contribution in [0.5, 0.6) is 0 Å². The number of carbonyl (C=O) groups is 2. The van der Waals surface area contributed by atoms with Crippen molar-refractivity contribution in [3.63, 3.8) is 0 Å². The zero-order valence-electron chi connectivity index (χ0n) is 10.6. The SMILES string of the molecule is Cc1cc(C(=O)NCc2ncn[nH]2)sc1/C=C/C(=O)O. The van der Waals surface area contributed by atoms with Crippen LogP contribution in [0.2, 0.25) is 0 Å². The second-order valence-corrected chi connectivity index (χ2v) is 5.03. The van der Waals surface area contributed by atoms with Crippen LogP contribution in [0, 0.1) is 6.92 Å². The van der Waals surface area contributed by atoms with Crippen molar-refractivity contribution >= 4 is 29.3 Å². The minimum absolute atomic E-state index is 0.232. The van der Waals surface area contributed by atoms with Gasteiger partial charge in [0.25, 0.3) is 5.91 Å². The van der Waals surface area contributed by atoms with E-state index in [-0.39, 0.29) is 12.5 Å². The molecule has 7 nitrogen and oxygen atoms in total. The fraction of sp³-hybridized carbons (Fsp3) is 0.167. The molecule has 2 heterocycles. The number of hydrogen-bond acceptors (Lipinski definition) is 5. The summed E-state index contributed by atoms with van der Waals surface area (Å²) in [5.41, 5.74) is 0.859. The first-order valence-electron chi connectivity index (χ1n) is 5.70. The molecule has 0 aliphatic carbocycles. The Balaban J connectivity index is 2.03. The van der Waals surface area contributed by atoms with Gasteiger partial charge < -0.3 is 10.4 Å². The molecule has 0 saturated heterocycles. The molecule has 0 unspecified atom stereocenters. The van der Waals surface area contributed by atoms with Crippen LogP contribution in [0.1, 0.15) is 25.9 Å². The molecule has 0 aliphatic rings. The fourth-order valence-corrected chi connectivity index (χ4v) is 2.48. The van der Waals surface area contributed by atoms with Gasteiger partial charge in [-0.3, -0.25) is 9.89 Å². The number of aromatic amines is 1. The van der Waals surface area contributed by atoms with E-state index in [0.717, 1.165) is 16.5 Å². The molecule has 20 heavy (non-hydrogen) atoms. The summed E-state index contributed by atoms with van der Waals surface area (Å²) >= 11 is 1.24. The van der Waals surface area contributed by atoms with E-state index in [1.165, 1.54) is 23.7 Å². The average molecular weight is 292 g/mol. The van der Waals surface area contributed by atoms with E-state index in [1.807, 2.05) is 6.92 Å². The van der Waals surface area contributed by atoms with Gasteiger partial charge in [0.2, 0.25) is 0 Å². The summed E-state index contributed by atoms with van der Waals surface area (Å²) in [7, 11) is 0. The average Bonchev–Trinajstić information content (AvgIpc) is 3.03. The largest absolute Gasteiger partial charge is 0.478 e. The summed E-state index contributed by atoms with van der Waals surface area (Å²) in [5, 5.41) is 17.6. The van der Waals surface area contributed by atoms with Crippen molar-refractivity contribution in [2.24, 2.45) is 0 Å². The summed E-state index contributed by atoms with van der Waals surface area (Å²) < 4.78 is 0. The number of hydrogen-bond donors (Lipinski definition) is 3. The van der Waals surface area contributed by atoms with Crippen LogP contribution in [0.25, 0.3) is 6.08 Å². The van der Waals surface area contributed by atoms with Gasteiger partial charge in [-0.1, -0.05) is 0 Å². The van der Waals surface area contributed by atoms with Crippen molar-refractivity contribution in [1.82, 2.24) is 20.5 Å². The third-order valence-corrected chi connectivity index (χ3v) is 3.64. The maximum absolute atomic E-state index is 11.9. The van der Waals surface area contributed by atoms with Gasteiger partial charge in [0.15, 0.2) is 0 Å². The zero-order chi connectivity index (χ0) is 14.5. The Morgan fingerprint density at radius 2 is 2.35 bits per heavy atom. The minimum atomic E-state index is -1.02. The van der Waals surface area contributed by atoms with Crippen molar-refractivity contribution in [2.75, 3.05) is 0 Å². The maximum Gasteiger partial charge on any atom is 0.328 e. The lowest BCUT2D eigenvalue weighted by Gasteiger charge is -1.99. The number of carbonyl (C=O) groups excluding carboxylic acids is 1. The van der Waals surface area contributed by atoms with Crippen molar-refractivity contribution < 1.29 is 14.7 Å². The molecule has 104 valence electrons. The lowest BCUT2D eigenvalue weighted by Crippen LogP contribution is -2.22. The standard InChI is InChI=1S/C12H12N4O3S/c1-7-4-9(20-8(7)2-3-11(17)18)12(19)13-5-10-14-6-15-16-10/h2-4,6H,5H2,1H3,(H,13,19)(H,17,18)(H,14,15,16)/b3-2+. The van der Waals surface area contributed by atoms with Crippen LogP contribution in [0.15, 0.2) is 18.5 Å². The number of carboxylic acid groups (broad SMARTS) is 1. The quantitative estimate of drug-likeness (QED) is 0.718. The van der Waals surface area contributed by atoms with Crippen molar-refractivity contribution in [3.8, 4) is 0 Å². The molecule has 0 spiro atoms. The van der Waals surface area contributed by atoms with Gasteiger partial charge in [-0.15, -0.1) is 11.3 Å². The van der Waals surface area contributed by atoms with Crippen LogP contribution < -0.4 is 5.32 Å². The Labute approximate surface area is 118 Å². The van der Waals surface area contributed by atoms with E-state index in [9.17, 15) is 9.59 Å². The van der Waals surface area contributed by atoms with E-state index in [0.29, 0.717) is 10.7 Å². The zero-order valence-corrected chi connectivity index (χ0v) is 11.4. The molecule has 2 aromatic heterocycles. The first-order valence-corrected chi connectivity index (χ1v) is 6.52. The van der Waals surface area contributed by atoms with E-state index in [4.69, 9.17) is 5.11 Å². The molecule has 1 amide bonds. The number of amides is 1. The number of thiophene rings is 1. The number of aliphatic carboxylic acids is 1. The fourth-order valence-electron chi connectivity index (χ4n) is 1.49. The number of aromatic nitrogens is 3. The van der Waals surface area contributed by atoms with Crippen molar-refractivity contribution in [3.05, 3.63) is 39.6 Å². The second-order valence-electron chi connectivity index (χ2n) is 3.94. The van der Waals surface area contributed by atoms with Crippen molar-refractivity contribution in [2.45, 2.75) is 13.5 Å². The smallest absolute Gasteiger partial charge is 0.328 e. The summed E-state index contributed by atoms with van der Waals surface area (Å²) in [6, 6.07) is 1.72. The highest BCUT2D eigenvalue weighted by atomic mass is 32.1. The lowest BCUT2D eigenvalue weighted by molar-refractivity contribution is -0.131. The third kappa shape index (κ3) is 3.51. The second kappa shape index (κ2) is 6.11. The molecule has 8 heteroatoms. The van der Waals surface area contributed by atoms with Gasteiger partial charge >= 0.3 is 5.97 Å². The summed E-state index contributed by atoms with van der Waals surface area (Å²) in [6.45, 7) is 2.08. The molecule has 0 saturated carbocycles. The van der Waals surface area contributed by atoms with E-state index < -0.39 is 5.97 Å². The third-order valence-electron chi connectivity index (χ3n) is 2.44.